The van der Waals surface area contributed by atoms with E-state index in [2.05, 4.69) is 10.3 Å². The van der Waals surface area contributed by atoms with E-state index in [1.807, 2.05) is 30.0 Å². The summed E-state index contributed by atoms with van der Waals surface area (Å²) < 4.78 is 6.98. The molecule has 2 amide bonds. The highest BCUT2D eigenvalue weighted by Crippen LogP contribution is 2.27. The van der Waals surface area contributed by atoms with Gasteiger partial charge in [0.15, 0.2) is 0 Å². The Balaban J connectivity index is 1.50. The molecule has 1 fully saturated rings. The minimum atomic E-state index is -0.369. The molecule has 0 unspecified atom stereocenters. The lowest BCUT2D eigenvalue weighted by atomic mass is 9.94. The summed E-state index contributed by atoms with van der Waals surface area (Å²) in [6, 6.07) is 5.65. The summed E-state index contributed by atoms with van der Waals surface area (Å²) >= 11 is 0. The minimum Gasteiger partial charge on any atom is -0.378 e. The van der Waals surface area contributed by atoms with Crippen molar-refractivity contribution in [1.29, 1.82) is 0 Å². The summed E-state index contributed by atoms with van der Waals surface area (Å²) in [5.74, 6) is -0.403. The van der Waals surface area contributed by atoms with Crippen LogP contribution in [-0.2, 0) is 36.0 Å². The molecule has 0 aliphatic carbocycles. The summed E-state index contributed by atoms with van der Waals surface area (Å²) in [7, 11) is 1.64. The highest BCUT2D eigenvalue weighted by atomic mass is 16.5. The van der Waals surface area contributed by atoms with Gasteiger partial charge in [0.05, 0.1) is 12.0 Å². The Morgan fingerprint density at radius 1 is 1.32 bits per heavy atom. The predicted molar refractivity (Wildman–Crippen MR) is 115 cm³/mol. The van der Waals surface area contributed by atoms with Crippen LogP contribution >= 0.6 is 0 Å². The number of fused-ring (bicyclic) bond motifs is 1. The SMILES string of the molecule is C[C@@H]1OCC[C@@H]1C(=O)N1CCc2c(cn(C)c(=O)c2C(=O)NCCc2ccccn2)C1. The molecule has 1 saturated heterocycles. The summed E-state index contributed by atoms with van der Waals surface area (Å²) in [6.45, 7) is 3.84. The van der Waals surface area contributed by atoms with Gasteiger partial charge in [-0.3, -0.25) is 19.4 Å². The maximum absolute atomic E-state index is 13.0. The first-order valence-electron chi connectivity index (χ1n) is 10.8. The van der Waals surface area contributed by atoms with Gasteiger partial charge in [-0.1, -0.05) is 6.07 Å². The maximum atomic E-state index is 13.0. The Labute approximate surface area is 181 Å². The average Bonchev–Trinajstić information content (AvgIpc) is 3.20. The molecule has 2 aromatic heterocycles. The topological polar surface area (TPSA) is 93.5 Å². The third-order valence-corrected chi connectivity index (χ3v) is 6.19. The molecule has 2 atom stereocenters. The van der Waals surface area contributed by atoms with E-state index in [1.54, 1.807) is 19.4 Å². The van der Waals surface area contributed by atoms with E-state index in [9.17, 15) is 14.4 Å². The fraction of sp³-hybridized carbons (Fsp3) is 0.478. The zero-order valence-corrected chi connectivity index (χ0v) is 18.0. The molecule has 2 aliphatic heterocycles. The molecule has 0 aromatic carbocycles. The number of ether oxygens (including phenoxy) is 1. The van der Waals surface area contributed by atoms with Crippen molar-refractivity contribution in [1.82, 2.24) is 19.8 Å². The smallest absolute Gasteiger partial charge is 0.263 e. The first-order chi connectivity index (χ1) is 15.0. The molecular formula is C23H28N4O4. The van der Waals surface area contributed by atoms with Crippen molar-refractivity contribution in [3.8, 4) is 0 Å². The second-order valence-corrected chi connectivity index (χ2v) is 8.23. The van der Waals surface area contributed by atoms with Gasteiger partial charge < -0.3 is 19.5 Å². The lowest BCUT2D eigenvalue weighted by Crippen LogP contribution is -2.44. The van der Waals surface area contributed by atoms with Gasteiger partial charge in [0.2, 0.25) is 5.91 Å². The Morgan fingerprint density at radius 3 is 2.87 bits per heavy atom. The minimum absolute atomic E-state index is 0.0746. The molecule has 0 radical (unpaired) electrons. The van der Waals surface area contributed by atoms with E-state index in [1.165, 1.54) is 4.57 Å². The Kier molecular flexibility index (Phi) is 6.18. The van der Waals surface area contributed by atoms with Gasteiger partial charge in [-0.25, -0.2) is 0 Å². The van der Waals surface area contributed by atoms with E-state index >= 15 is 0 Å². The highest BCUT2D eigenvalue weighted by Gasteiger charge is 2.36. The number of amides is 2. The number of carbonyl (C=O) groups excluding carboxylic acids is 2. The normalized spacial score (nSPS) is 20.4. The van der Waals surface area contributed by atoms with Gasteiger partial charge in [0.25, 0.3) is 11.5 Å². The van der Waals surface area contributed by atoms with Crippen molar-refractivity contribution >= 4 is 11.8 Å². The van der Waals surface area contributed by atoms with Gasteiger partial charge >= 0.3 is 0 Å². The number of hydrogen-bond donors (Lipinski definition) is 1. The zero-order chi connectivity index (χ0) is 22.0. The molecule has 0 bridgehead atoms. The van der Waals surface area contributed by atoms with E-state index in [0.29, 0.717) is 39.1 Å². The van der Waals surface area contributed by atoms with Gasteiger partial charge in [-0.15, -0.1) is 0 Å². The fourth-order valence-corrected chi connectivity index (χ4v) is 4.44. The molecule has 1 N–H and O–H groups in total. The van der Waals surface area contributed by atoms with Crippen LogP contribution in [-0.4, -0.2) is 52.1 Å². The van der Waals surface area contributed by atoms with Crippen LogP contribution in [0.15, 0.2) is 35.4 Å². The number of pyridine rings is 2. The van der Waals surface area contributed by atoms with Crippen LogP contribution in [0.2, 0.25) is 0 Å². The van der Waals surface area contributed by atoms with Crippen LogP contribution in [0.25, 0.3) is 0 Å². The van der Waals surface area contributed by atoms with E-state index in [-0.39, 0.29) is 35.0 Å². The standard InChI is InChI=1S/C23H28N4O4/c1-15-18(8-12-31-15)22(29)27-11-7-19-16(14-27)13-26(2)23(30)20(19)21(28)25-10-6-17-5-3-4-9-24-17/h3-5,9,13,15,18H,6-8,10-12,14H2,1-2H3,(H,25,28)/t15-,18-/m0/s1. The molecule has 0 spiro atoms. The number of rotatable bonds is 5. The van der Waals surface area contributed by atoms with Gasteiger partial charge in [0, 0.05) is 57.8 Å². The van der Waals surface area contributed by atoms with Gasteiger partial charge in [0.1, 0.15) is 5.56 Å². The van der Waals surface area contributed by atoms with Crippen molar-refractivity contribution in [3.05, 3.63) is 63.3 Å². The van der Waals surface area contributed by atoms with Crippen LogP contribution in [0, 0.1) is 5.92 Å². The molecule has 2 aliphatic rings. The summed E-state index contributed by atoms with van der Waals surface area (Å²) in [6.07, 6.45) is 5.20. The summed E-state index contributed by atoms with van der Waals surface area (Å²) in [4.78, 5) is 44.7. The van der Waals surface area contributed by atoms with Crippen LogP contribution in [0.1, 0.15) is 40.5 Å². The largest absolute Gasteiger partial charge is 0.378 e. The quantitative estimate of drug-likeness (QED) is 0.775. The first kappa shape index (κ1) is 21.2. The third kappa shape index (κ3) is 4.39. The third-order valence-electron chi connectivity index (χ3n) is 6.19. The number of aryl methyl sites for hydroxylation is 1. The van der Waals surface area contributed by atoms with E-state index in [4.69, 9.17) is 4.74 Å². The van der Waals surface area contributed by atoms with Crippen LogP contribution < -0.4 is 10.9 Å². The molecule has 31 heavy (non-hydrogen) atoms. The molecule has 8 heteroatoms. The van der Waals surface area contributed by atoms with Crippen LogP contribution in [0.3, 0.4) is 0 Å². The monoisotopic (exact) mass is 424 g/mol. The second kappa shape index (κ2) is 9.01. The lowest BCUT2D eigenvalue weighted by molar-refractivity contribution is -0.137. The molecule has 2 aromatic rings. The fourth-order valence-electron chi connectivity index (χ4n) is 4.44. The van der Waals surface area contributed by atoms with Crippen molar-refractivity contribution in [2.24, 2.45) is 13.0 Å². The number of carbonyl (C=O) groups is 2. The Bertz CT molecular complexity index is 1030. The number of hydrogen-bond acceptors (Lipinski definition) is 5. The van der Waals surface area contributed by atoms with Gasteiger partial charge in [-0.2, -0.15) is 0 Å². The number of aromatic nitrogens is 2. The average molecular weight is 425 g/mol. The van der Waals surface area contributed by atoms with Crippen LogP contribution in [0.5, 0.6) is 0 Å². The second-order valence-electron chi connectivity index (χ2n) is 8.23. The molecule has 8 nitrogen and oxygen atoms in total. The lowest BCUT2D eigenvalue weighted by Gasteiger charge is -2.32. The zero-order valence-electron chi connectivity index (χ0n) is 18.0. The van der Waals surface area contributed by atoms with Crippen molar-refractivity contribution in [2.75, 3.05) is 19.7 Å². The van der Waals surface area contributed by atoms with Gasteiger partial charge in [-0.05, 0) is 43.0 Å². The predicted octanol–water partition coefficient (Wildman–Crippen LogP) is 1.06. The molecule has 4 heterocycles. The van der Waals surface area contributed by atoms with Crippen molar-refractivity contribution < 1.29 is 14.3 Å². The molecule has 4 rings (SSSR count). The van der Waals surface area contributed by atoms with Crippen molar-refractivity contribution in [2.45, 2.75) is 38.8 Å². The number of nitrogens with zero attached hydrogens (tertiary/aromatic N) is 3. The molecule has 164 valence electrons. The summed E-state index contributed by atoms with van der Waals surface area (Å²) in [5.41, 5.74) is 2.35. The van der Waals surface area contributed by atoms with Crippen LogP contribution in [0.4, 0.5) is 0 Å². The molecule has 0 saturated carbocycles. The highest BCUT2D eigenvalue weighted by molar-refractivity contribution is 5.95. The first-order valence-corrected chi connectivity index (χ1v) is 10.8. The van der Waals surface area contributed by atoms with E-state index < -0.39 is 0 Å². The number of nitrogens with one attached hydrogen (secondary N) is 1. The van der Waals surface area contributed by atoms with Crippen molar-refractivity contribution in [3.63, 3.8) is 0 Å². The summed E-state index contributed by atoms with van der Waals surface area (Å²) in [5, 5.41) is 2.86. The molecular weight excluding hydrogens is 396 g/mol. The maximum Gasteiger partial charge on any atom is 0.263 e. The Hall–Kier alpha value is -3.00. The Morgan fingerprint density at radius 2 is 2.16 bits per heavy atom. The van der Waals surface area contributed by atoms with E-state index in [0.717, 1.165) is 23.2 Å².